The third-order valence-electron chi connectivity index (χ3n) is 5.19. The van der Waals surface area contributed by atoms with E-state index in [4.69, 9.17) is 16.3 Å². The first-order valence-corrected chi connectivity index (χ1v) is 13.0. The number of hydrogen-bond donors (Lipinski definition) is 0. The Bertz CT molecular complexity index is 1160. The molecule has 4 rings (SSSR count). The molecule has 1 atom stereocenters. The fraction of sp³-hybridized carbons (Fsp3) is 0.364. The fourth-order valence-electron chi connectivity index (χ4n) is 3.57. The number of fused-ring (bicyclic) bond motifs is 1. The van der Waals surface area contributed by atoms with Gasteiger partial charge in [0.05, 0.1) is 33.5 Å². The molecule has 0 aliphatic carbocycles. The summed E-state index contributed by atoms with van der Waals surface area (Å²) >= 11 is 7.49. The Kier molecular flexibility index (Phi) is 6.91. The number of amides is 1. The lowest BCUT2D eigenvalue weighted by Crippen LogP contribution is -2.37. The molecule has 2 heterocycles. The van der Waals surface area contributed by atoms with Gasteiger partial charge < -0.3 is 4.74 Å². The molecule has 1 saturated heterocycles. The number of rotatable bonds is 8. The topological polar surface area (TPSA) is 76.6 Å². The van der Waals surface area contributed by atoms with E-state index in [1.807, 2.05) is 12.1 Å². The summed E-state index contributed by atoms with van der Waals surface area (Å²) in [6.07, 6.45) is 2.19. The lowest BCUT2D eigenvalue weighted by Gasteiger charge is -2.23. The number of sulfone groups is 1. The van der Waals surface area contributed by atoms with Crippen LogP contribution >= 0.6 is 22.9 Å². The first kappa shape index (κ1) is 22.2. The Balaban J connectivity index is 1.48. The summed E-state index contributed by atoms with van der Waals surface area (Å²) in [5, 5.41) is 1.20. The van der Waals surface area contributed by atoms with Crippen LogP contribution < -0.4 is 4.90 Å². The van der Waals surface area contributed by atoms with Gasteiger partial charge in [-0.1, -0.05) is 41.1 Å². The second-order valence-corrected chi connectivity index (χ2v) is 11.0. The van der Waals surface area contributed by atoms with Crippen molar-refractivity contribution in [2.24, 2.45) is 0 Å². The van der Waals surface area contributed by atoms with Crippen LogP contribution in [0, 0.1) is 0 Å². The number of hydrogen-bond acceptors (Lipinski definition) is 6. The molecule has 164 valence electrons. The predicted octanol–water partition coefficient (Wildman–Crippen LogP) is 4.72. The maximum absolute atomic E-state index is 13.1. The number of anilines is 1. The van der Waals surface area contributed by atoms with Crippen LogP contribution in [0.3, 0.4) is 0 Å². The molecule has 0 N–H and O–H groups in total. The molecule has 0 bridgehead atoms. The zero-order valence-electron chi connectivity index (χ0n) is 16.9. The summed E-state index contributed by atoms with van der Waals surface area (Å²) in [7, 11) is -3.42. The van der Waals surface area contributed by atoms with Crippen molar-refractivity contribution in [1.82, 2.24) is 4.98 Å². The molecule has 3 aromatic rings. The molecule has 0 radical (unpaired) electrons. The van der Waals surface area contributed by atoms with Crippen LogP contribution in [0.4, 0.5) is 5.13 Å². The van der Waals surface area contributed by atoms with Crippen molar-refractivity contribution in [3.8, 4) is 0 Å². The zero-order valence-corrected chi connectivity index (χ0v) is 19.3. The van der Waals surface area contributed by atoms with Gasteiger partial charge in [0.2, 0.25) is 5.91 Å². The molecule has 1 unspecified atom stereocenters. The van der Waals surface area contributed by atoms with Crippen molar-refractivity contribution in [2.45, 2.75) is 36.7 Å². The summed E-state index contributed by atoms with van der Waals surface area (Å²) < 4.78 is 31.7. The average Bonchev–Trinajstić information content (AvgIpc) is 3.41. The molecule has 1 aliphatic heterocycles. The van der Waals surface area contributed by atoms with Crippen LogP contribution in [0.5, 0.6) is 0 Å². The molecule has 0 spiro atoms. The smallest absolute Gasteiger partial charge is 0.228 e. The lowest BCUT2D eigenvalue weighted by atomic mass is 10.2. The maximum Gasteiger partial charge on any atom is 0.228 e. The van der Waals surface area contributed by atoms with Crippen molar-refractivity contribution >= 4 is 54.0 Å². The van der Waals surface area contributed by atoms with E-state index in [-0.39, 0.29) is 35.5 Å². The molecule has 1 fully saturated rings. The predicted molar refractivity (Wildman–Crippen MR) is 124 cm³/mol. The minimum absolute atomic E-state index is 0.0346. The van der Waals surface area contributed by atoms with Gasteiger partial charge in [-0.3, -0.25) is 9.69 Å². The van der Waals surface area contributed by atoms with Crippen molar-refractivity contribution < 1.29 is 17.9 Å². The molecule has 1 aromatic heterocycles. The summed E-state index contributed by atoms with van der Waals surface area (Å²) in [5.41, 5.74) is 0.779. The Morgan fingerprint density at radius 2 is 2.03 bits per heavy atom. The summed E-state index contributed by atoms with van der Waals surface area (Å²) in [6, 6.07) is 13.8. The van der Waals surface area contributed by atoms with Gasteiger partial charge in [-0.25, -0.2) is 13.4 Å². The summed E-state index contributed by atoms with van der Waals surface area (Å²) in [6.45, 7) is 1.11. The summed E-state index contributed by atoms with van der Waals surface area (Å²) in [5.74, 6) is -0.227. The zero-order chi connectivity index (χ0) is 21.8. The van der Waals surface area contributed by atoms with Gasteiger partial charge in [0.25, 0.3) is 0 Å². The SMILES string of the molecule is O=C(CCCS(=O)(=O)c1ccccc1)N(CC1CCCO1)c1nc2ccc(Cl)cc2s1. The van der Waals surface area contributed by atoms with E-state index in [1.165, 1.54) is 11.3 Å². The van der Waals surface area contributed by atoms with E-state index < -0.39 is 9.84 Å². The van der Waals surface area contributed by atoms with Gasteiger partial charge >= 0.3 is 0 Å². The number of aromatic nitrogens is 1. The number of halogens is 1. The van der Waals surface area contributed by atoms with Crippen LogP contribution in [-0.2, 0) is 19.4 Å². The van der Waals surface area contributed by atoms with Crippen molar-refractivity contribution in [1.29, 1.82) is 0 Å². The Morgan fingerprint density at radius 3 is 2.77 bits per heavy atom. The molecule has 31 heavy (non-hydrogen) atoms. The molecule has 1 aliphatic rings. The average molecular weight is 479 g/mol. The van der Waals surface area contributed by atoms with Gasteiger partial charge in [0.15, 0.2) is 15.0 Å². The first-order chi connectivity index (χ1) is 14.9. The van der Waals surface area contributed by atoms with Gasteiger partial charge in [-0.15, -0.1) is 0 Å². The van der Waals surface area contributed by atoms with Crippen molar-refractivity contribution in [3.05, 3.63) is 53.6 Å². The Labute approximate surface area is 190 Å². The quantitative estimate of drug-likeness (QED) is 0.468. The highest BCUT2D eigenvalue weighted by Gasteiger charge is 2.26. The monoisotopic (exact) mass is 478 g/mol. The molecule has 6 nitrogen and oxygen atoms in total. The van der Waals surface area contributed by atoms with Gasteiger partial charge in [0.1, 0.15) is 0 Å². The normalized spacial score (nSPS) is 16.6. The molecule has 0 saturated carbocycles. The van der Waals surface area contributed by atoms with E-state index in [9.17, 15) is 13.2 Å². The van der Waals surface area contributed by atoms with E-state index >= 15 is 0 Å². The third-order valence-corrected chi connectivity index (χ3v) is 8.28. The number of ether oxygens (including phenoxy) is 1. The number of benzene rings is 2. The largest absolute Gasteiger partial charge is 0.376 e. The standard InChI is InChI=1S/C22H23ClN2O4S2/c23-16-10-11-19-20(14-16)30-22(24-19)25(15-17-6-4-12-29-17)21(26)9-5-13-31(27,28)18-7-2-1-3-8-18/h1-3,7-8,10-11,14,17H,4-6,9,12-13,15H2. The number of carbonyl (C=O) groups excluding carboxylic acids is 1. The van der Waals surface area contributed by atoms with Gasteiger partial charge in [-0.05, 0) is 49.6 Å². The fourth-order valence-corrected chi connectivity index (χ4v) is 6.17. The highest BCUT2D eigenvalue weighted by Crippen LogP contribution is 2.32. The van der Waals surface area contributed by atoms with Crippen LogP contribution in [0.25, 0.3) is 10.2 Å². The van der Waals surface area contributed by atoms with E-state index in [1.54, 1.807) is 41.3 Å². The highest BCUT2D eigenvalue weighted by molar-refractivity contribution is 7.91. The molecule has 9 heteroatoms. The number of nitrogens with zero attached hydrogens (tertiary/aromatic N) is 2. The Hall–Kier alpha value is -2.00. The minimum Gasteiger partial charge on any atom is -0.376 e. The number of carbonyl (C=O) groups is 1. The van der Waals surface area contributed by atoms with E-state index in [2.05, 4.69) is 4.98 Å². The first-order valence-electron chi connectivity index (χ1n) is 10.2. The number of thiazole rings is 1. The molecular formula is C22H23ClN2O4S2. The Morgan fingerprint density at radius 1 is 1.23 bits per heavy atom. The van der Waals surface area contributed by atoms with Crippen LogP contribution in [0.1, 0.15) is 25.7 Å². The van der Waals surface area contributed by atoms with E-state index in [0.29, 0.717) is 23.3 Å². The van der Waals surface area contributed by atoms with E-state index in [0.717, 1.165) is 23.1 Å². The summed E-state index contributed by atoms with van der Waals surface area (Å²) in [4.78, 5) is 19.6. The van der Waals surface area contributed by atoms with Crippen LogP contribution in [0.15, 0.2) is 53.4 Å². The van der Waals surface area contributed by atoms with Gasteiger partial charge in [-0.2, -0.15) is 0 Å². The minimum atomic E-state index is -3.42. The third kappa shape index (κ3) is 5.44. The lowest BCUT2D eigenvalue weighted by molar-refractivity contribution is -0.119. The molecule has 1 amide bonds. The van der Waals surface area contributed by atoms with Crippen molar-refractivity contribution in [3.63, 3.8) is 0 Å². The maximum atomic E-state index is 13.1. The molecular weight excluding hydrogens is 456 g/mol. The van der Waals surface area contributed by atoms with Crippen LogP contribution in [0.2, 0.25) is 5.02 Å². The van der Waals surface area contributed by atoms with Crippen molar-refractivity contribution in [2.75, 3.05) is 23.8 Å². The highest BCUT2D eigenvalue weighted by atomic mass is 35.5. The second-order valence-electron chi connectivity index (χ2n) is 7.48. The van der Waals surface area contributed by atoms with Crippen LogP contribution in [-0.4, -0.2) is 44.3 Å². The second kappa shape index (κ2) is 9.65. The molecule has 2 aromatic carbocycles. The van der Waals surface area contributed by atoms with Gasteiger partial charge in [0, 0.05) is 18.1 Å².